The van der Waals surface area contributed by atoms with Gasteiger partial charge in [0, 0.05) is 23.4 Å². The van der Waals surface area contributed by atoms with Crippen molar-refractivity contribution in [2.45, 2.75) is 13.5 Å². The van der Waals surface area contributed by atoms with Crippen LogP contribution in [0.2, 0.25) is 0 Å². The molecule has 29 heavy (non-hydrogen) atoms. The minimum absolute atomic E-state index is 0.262. The molecule has 0 radical (unpaired) electrons. The molecule has 3 aromatic carbocycles. The summed E-state index contributed by atoms with van der Waals surface area (Å²) < 4.78 is 5.75. The third kappa shape index (κ3) is 4.68. The number of nitrogens with zero attached hydrogens (tertiary/aromatic N) is 2. The molecular weight excluding hydrogens is 364 g/mol. The number of benzene rings is 3. The van der Waals surface area contributed by atoms with Crippen molar-refractivity contribution in [1.29, 1.82) is 0 Å². The Balaban J connectivity index is 1.36. The van der Waals surface area contributed by atoms with Crippen LogP contribution in [0, 0.1) is 6.92 Å². The molecule has 0 saturated carbocycles. The van der Waals surface area contributed by atoms with Crippen molar-refractivity contribution in [3.05, 3.63) is 90.0 Å². The number of rotatable bonds is 5. The van der Waals surface area contributed by atoms with Gasteiger partial charge in [0.05, 0.1) is 0 Å². The zero-order valence-electron chi connectivity index (χ0n) is 15.9. The second-order valence-electron chi connectivity index (χ2n) is 6.65. The standard InChI is InChI=1S/C23H20N4O2/c1-16-7-9-17(10-8-16)15-24-23(28)25-20-13-11-19(12-14-20)22-27-26-21(29-22)18-5-3-2-4-6-18/h2-14H,15H2,1H3,(H2,24,25,28). The van der Waals surface area contributed by atoms with Gasteiger partial charge in [-0.2, -0.15) is 0 Å². The van der Waals surface area contributed by atoms with Crippen LogP contribution in [0.1, 0.15) is 11.1 Å². The molecule has 0 spiro atoms. The molecule has 1 heterocycles. The minimum atomic E-state index is -0.262. The van der Waals surface area contributed by atoms with E-state index in [4.69, 9.17) is 4.42 Å². The molecule has 0 aliphatic rings. The van der Waals surface area contributed by atoms with E-state index in [2.05, 4.69) is 20.8 Å². The number of hydrogen-bond donors (Lipinski definition) is 2. The first kappa shape index (κ1) is 18.4. The number of anilines is 1. The van der Waals surface area contributed by atoms with Crippen molar-refractivity contribution in [2.24, 2.45) is 0 Å². The number of nitrogens with one attached hydrogen (secondary N) is 2. The van der Waals surface area contributed by atoms with E-state index in [1.165, 1.54) is 5.56 Å². The highest BCUT2D eigenvalue weighted by molar-refractivity contribution is 5.89. The molecule has 6 nitrogen and oxygen atoms in total. The van der Waals surface area contributed by atoms with Crippen LogP contribution in [-0.4, -0.2) is 16.2 Å². The van der Waals surface area contributed by atoms with Crippen LogP contribution < -0.4 is 10.6 Å². The number of aromatic nitrogens is 2. The van der Waals surface area contributed by atoms with Gasteiger partial charge in [-0.15, -0.1) is 10.2 Å². The first-order valence-corrected chi connectivity index (χ1v) is 9.27. The lowest BCUT2D eigenvalue weighted by molar-refractivity contribution is 0.251. The summed E-state index contributed by atoms with van der Waals surface area (Å²) in [7, 11) is 0. The predicted molar refractivity (Wildman–Crippen MR) is 112 cm³/mol. The molecule has 2 N–H and O–H groups in total. The maximum Gasteiger partial charge on any atom is 0.319 e. The first-order chi connectivity index (χ1) is 14.2. The van der Waals surface area contributed by atoms with E-state index >= 15 is 0 Å². The SMILES string of the molecule is Cc1ccc(CNC(=O)Nc2ccc(-c3nnc(-c4ccccc4)o3)cc2)cc1. The van der Waals surface area contributed by atoms with Gasteiger partial charge in [-0.25, -0.2) is 4.79 Å². The molecule has 0 aliphatic heterocycles. The van der Waals surface area contributed by atoms with Gasteiger partial charge in [0.2, 0.25) is 11.8 Å². The second kappa shape index (κ2) is 8.39. The zero-order valence-corrected chi connectivity index (χ0v) is 15.9. The Morgan fingerprint density at radius 1 is 0.828 bits per heavy atom. The average molecular weight is 384 g/mol. The molecule has 0 bridgehead atoms. The van der Waals surface area contributed by atoms with Crippen LogP contribution in [0.15, 0.2) is 83.3 Å². The van der Waals surface area contributed by atoms with E-state index in [1.807, 2.05) is 73.7 Å². The molecule has 4 aromatic rings. The second-order valence-corrected chi connectivity index (χ2v) is 6.65. The zero-order chi connectivity index (χ0) is 20.1. The van der Waals surface area contributed by atoms with Crippen LogP contribution in [-0.2, 0) is 6.54 Å². The van der Waals surface area contributed by atoms with Gasteiger partial charge in [0.25, 0.3) is 0 Å². The van der Waals surface area contributed by atoms with Crippen molar-refractivity contribution in [1.82, 2.24) is 15.5 Å². The van der Waals surface area contributed by atoms with Crippen LogP contribution >= 0.6 is 0 Å². The van der Waals surface area contributed by atoms with Gasteiger partial charge in [-0.05, 0) is 48.9 Å². The average Bonchev–Trinajstić information content (AvgIpc) is 3.25. The highest BCUT2D eigenvalue weighted by Gasteiger charge is 2.10. The molecule has 1 aromatic heterocycles. The molecular formula is C23H20N4O2. The third-order valence-electron chi connectivity index (χ3n) is 4.41. The van der Waals surface area contributed by atoms with Gasteiger partial charge in [-0.3, -0.25) is 0 Å². The fourth-order valence-corrected chi connectivity index (χ4v) is 2.80. The number of carbonyl (C=O) groups excluding carboxylic acids is 1. The quantitative estimate of drug-likeness (QED) is 0.505. The van der Waals surface area contributed by atoms with E-state index in [0.29, 0.717) is 24.0 Å². The Morgan fingerprint density at radius 2 is 1.45 bits per heavy atom. The lowest BCUT2D eigenvalue weighted by Crippen LogP contribution is -2.28. The van der Waals surface area contributed by atoms with Crippen LogP contribution in [0.3, 0.4) is 0 Å². The van der Waals surface area contributed by atoms with Gasteiger partial charge >= 0.3 is 6.03 Å². The summed E-state index contributed by atoms with van der Waals surface area (Å²) in [5.74, 6) is 0.900. The smallest absolute Gasteiger partial charge is 0.319 e. The van der Waals surface area contributed by atoms with Crippen LogP contribution in [0.4, 0.5) is 10.5 Å². The molecule has 6 heteroatoms. The predicted octanol–water partition coefficient (Wildman–Crippen LogP) is 5.03. The van der Waals surface area contributed by atoms with Gasteiger partial charge in [0.1, 0.15) is 0 Å². The summed E-state index contributed by atoms with van der Waals surface area (Å²) in [6, 6.07) is 24.6. The molecule has 0 atom stereocenters. The summed E-state index contributed by atoms with van der Waals surface area (Å²) in [4.78, 5) is 12.1. The van der Waals surface area contributed by atoms with Crippen molar-refractivity contribution < 1.29 is 9.21 Å². The van der Waals surface area contributed by atoms with Crippen molar-refractivity contribution in [2.75, 3.05) is 5.32 Å². The minimum Gasteiger partial charge on any atom is -0.416 e. The largest absolute Gasteiger partial charge is 0.416 e. The maximum atomic E-state index is 12.1. The number of amides is 2. The Hall–Kier alpha value is -3.93. The Bertz CT molecular complexity index is 1090. The first-order valence-electron chi connectivity index (χ1n) is 9.27. The summed E-state index contributed by atoms with van der Waals surface area (Å²) in [5, 5.41) is 13.9. The Kier molecular flexibility index (Phi) is 5.33. The van der Waals surface area contributed by atoms with Gasteiger partial charge in [0.15, 0.2) is 0 Å². The third-order valence-corrected chi connectivity index (χ3v) is 4.41. The molecule has 4 rings (SSSR count). The Morgan fingerprint density at radius 3 is 2.10 bits per heavy atom. The molecule has 0 unspecified atom stereocenters. The molecule has 2 amide bonds. The molecule has 0 aliphatic carbocycles. The van der Waals surface area contributed by atoms with Crippen molar-refractivity contribution in [3.63, 3.8) is 0 Å². The normalized spacial score (nSPS) is 10.5. The van der Waals surface area contributed by atoms with E-state index in [0.717, 1.165) is 16.7 Å². The monoisotopic (exact) mass is 384 g/mol. The van der Waals surface area contributed by atoms with E-state index in [1.54, 1.807) is 12.1 Å². The van der Waals surface area contributed by atoms with Crippen LogP contribution in [0.5, 0.6) is 0 Å². The number of urea groups is 1. The summed E-state index contributed by atoms with van der Waals surface area (Å²) in [5.41, 5.74) is 4.57. The van der Waals surface area contributed by atoms with Gasteiger partial charge < -0.3 is 15.1 Å². The number of hydrogen-bond acceptors (Lipinski definition) is 4. The molecule has 0 fully saturated rings. The lowest BCUT2D eigenvalue weighted by atomic mass is 10.1. The fraction of sp³-hybridized carbons (Fsp3) is 0.0870. The number of carbonyl (C=O) groups is 1. The molecule has 0 saturated heterocycles. The number of aryl methyl sites for hydroxylation is 1. The van der Waals surface area contributed by atoms with E-state index in [-0.39, 0.29) is 6.03 Å². The molecule has 144 valence electrons. The van der Waals surface area contributed by atoms with Crippen LogP contribution in [0.25, 0.3) is 22.9 Å². The maximum absolute atomic E-state index is 12.1. The lowest BCUT2D eigenvalue weighted by Gasteiger charge is -2.08. The summed E-state index contributed by atoms with van der Waals surface area (Å²) >= 11 is 0. The Labute approximate surface area is 168 Å². The topological polar surface area (TPSA) is 80.0 Å². The summed E-state index contributed by atoms with van der Waals surface area (Å²) in [6.07, 6.45) is 0. The highest BCUT2D eigenvalue weighted by Crippen LogP contribution is 2.24. The van der Waals surface area contributed by atoms with Crippen molar-refractivity contribution >= 4 is 11.7 Å². The van der Waals surface area contributed by atoms with Crippen molar-refractivity contribution in [3.8, 4) is 22.9 Å². The fourth-order valence-electron chi connectivity index (χ4n) is 2.80. The summed E-state index contributed by atoms with van der Waals surface area (Å²) in [6.45, 7) is 2.50. The van der Waals surface area contributed by atoms with E-state index in [9.17, 15) is 4.79 Å². The van der Waals surface area contributed by atoms with E-state index < -0.39 is 0 Å². The highest BCUT2D eigenvalue weighted by atomic mass is 16.4. The van der Waals surface area contributed by atoms with Gasteiger partial charge in [-0.1, -0.05) is 48.0 Å².